The summed E-state index contributed by atoms with van der Waals surface area (Å²) in [6.45, 7) is 0. The summed E-state index contributed by atoms with van der Waals surface area (Å²) >= 11 is 0. The molecule has 1 aliphatic carbocycles. The number of rotatable bonds is 1. The predicted molar refractivity (Wildman–Crippen MR) is 50.8 cm³/mol. The molecule has 1 aromatic rings. The van der Waals surface area contributed by atoms with Crippen molar-refractivity contribution in [1.29, 1.82) is 0 Å². The van der Waals surface area contributed by atoms with Crippen molar-refractivity contribution in [3.05, 3.63) is 42.3 Å². The standard InChI is InChI=1S/C12H14/c1-3-7-11(8-4-1)12-9-5-2-6-10-12/h1,5-6,9-11H,3-4,7-8H2. The molecule has 0 N–H and O–H groups in total. The molecule has 0 heteroatoms. The van der Waals surface area contributed by atoms with E-state index in [1.54, 1.807) is 0 Å². The maximum Gasteiger partial charge on any atom is -0.0162 e. The Bertz CT molecular complexity index is 219. The second-order valence-electron chi connectivity index (χ2n) is 3.47. The van der Waals surface area contributed by atoms with Crippen LogP contribution in [0, 0.1) is 12.5 Å². The maximum atomic E-state index is 3.06. The molecule has 0 nitrogen and oxygen atoms in total. The second kappa shape index (κ2) is 3.75. The summed E-state index contributed by atoms with van der Waals surface area (Å²) in [6.07, 6.45) is 7.67. The van der Waals surface area contributed by atoms with Crippen LogP contribution in [0.5, 0.6) is 0 Å². The van der Waals surface area contributed by atoms with Crippen LogP contribution in [-0.2, 0) is 0 Å². The molecular formula is C12H14. The van der Waals surface area contributed by atoms with Crippen molar-refractivity contribution in [2.45, 2.75) is 31.6 Å². The number of benzene rings is 1. The van der Waals surface area contributed by atoms with Crippen molar-refractivity contribution < 1.29 is 0 Å². The van der Waals surface area contributed by atoms with E-state index in [1.807, 2.05) is 12.1 Å². The molecule has 0 aromatic heterocycles. The van der Waals surface area contributed by atoms with Crippen LogP contribution in [0.4, 0.5) is 0 Å². The van der Waals surface area contributed by atoms with Gasteiger partial charge in [-0.15, -0.1) is 0 Å². The lowest BCUT2D eigenvalue weighted by Gasteiger charge is -2.21. The van der Waals surface area contributed by atoms with Crippen molar-refractivity contribution in [3.63, 3.8) is 0 Å². The maximum absolute atomic E-state index is 3.06. The van der Waals surface area contributed by atoms with Crippen LogP contribution in [0.15, 0.2) is 24.3 Å². The molecule has 1 saturated carbocycles. The van der Waals surface area contributed by atoms with Crippen LogP contribution >= 0.6 is 0 Å². The molecule has 0 bridgehead atoms. The van der Waals surface area contributed by atoms with Gasteiger partial charge in [0, 0.05) is 0 Å². The van der Waals surface area contributed by atoms with Gasteiger partial charge in [-0.05, 0) is 49.7 Å². The van der Waals surface area contributed by atoms with Crippen molar-refractivity contribution >= 4 is 0 Å². The van der Waals surface area contributed by atoms with Gasteiger partial charge in [0.2, 0.25) is 0 Å². The Morgan fingerprint density at radius 1 is 1.08 bits per heavy atom. The SMILES string of the molecule is [c]1ccc(C2CC[CH]CC2)cc1. The van der Waals surface area contributed by atoms with E-state index in [9.17, 15) is 0 Å². The lowest BCUT2D eigenvalue weighted by Crippen LogP contribution is -2.04. The Balaban J connectivity index is 2.08. The normalized spacial score (nSPS) is 19.3. The Hall–Kier alpha value is -0.780. The summed E-state index contributed by atoms with van der Waals surface area (Å²) in [4.78, 5) is 0. The second-order valence-corrected chi connectivity index (χ2v) is 3.47. The van der Waals surface area contributed by atoms with E-state index >= 15 is 0 Å². The molecule has 12 heavy (non-hydrogen) atoms. The highest BCUT2D eigenvalue weighted by Crippen LogP contribution is 2.31. The molecule has 2 radical (unpaired) electrons. The summed E-state index contributed by atoms with van der Waals surface area (Å²) in [6, 6.07) is 11.5. The van der Waals surface area contributed by atoms with E-state index in [-0.39, 0.29) is 0 Å². The first-order valence-corrected chi connectivity index (χ1v) is 4.74. The molecule has 0 spiro atoms. The molecule has 1 fully saturated rings. The summed E-state index contributed by atoms with van der Waals surface area (Å²) in [5.74, 6) is 0.810. The van der Waals surface area contributed by atoms with Crippen LogP contribution in [0.2, 0.25) is 0 Å². The first-order chi connectivity index (χ1) is 5.97. The van der Waals surface area contributed by atoms with E-state index < -0.39 is 0 Å². The lowest BCUT2D eigenvalue weighted by molar-refractivity contribution is 0.512. The summed E-state index contributed by atoms with van der Waals surface area (Å²) in [5.41, 5.74) is 1.50. The third kappa shape index (κ3) is 1.69. The molecule has 62 valence electrons. The molecule has 0 atom stereocenters. The molecule has 0 heterocycles. The average molecular weight is 158 g/mol. The molecule has 2 rings (SSSR count). The highest BCUT2D eigenvalue weighted by molar-refractivity contribution is 5.19. The van der Waals surface area contributed by atoms with Crippen molar-refractivity contribution in [3.8, 4) is 0 Å². The quantitative estimate of drug-likeness (QED) is 0.588. The van der Waals surface area contributed by atoms with E-state index in [2.05, 4.69) is 24.6 Å². The van der Waals surface area contributed by atoms with Crippen LogP contribution in [0.3, 0.4) is 0 Å². The highest BCUT2D eigenvalue weighted by atomic mass is 14.2. The molecule has 1 aromatic carbocycles. The van der Waals surface area contributed by atoms with Gasteiger partial charge in [-0.25, -0.2) is 0 Å². The van der Waals surface area contributed by atoms with Crippen LogP contribution < -0.4 is 0 Å². The van der Waals surface area contributed by atoms with Crippen molar-refractivity contribution in [2.24, 2.45) is 0 Å². The summed E-state index contributed by atoms with van der Waals surface area (Å²) < 4.78 is 0. The highest BCUT2D eigenvalue weighted by Gasteiger charge is 2.14. The minimum Gasteiger partial charge on any atom is -0.0581 e. The zero-order chi connectivity index (χ0) is 8.23. The fourth-order valence-electron chi connectivity index (χ4n) is 1.93. The first-order valence-electron chi connectivity index (χ1n) is 4.74. The zero-order valence-electron chi connectivity index (χ0n) is 7.29. The molecule has 0 amide bonds. The van der Waals surface area contributed by atoms with Gasteiger partial charge in [-0.2, -0.15) is 0 Å². The van der Waals surface area contributed by atoms with Gasteiger partial charge in [0.15, 0.2) is 0 Å². The van der Waals surface area contributed by atoms with Gasteiger partial charge in [0.25, 0.3) is 0 Å². The summed E-state index contributed by atoms with van der Waals surface area (Å²) in [5, 5.41) is 0. The molecule has 0 aliphatic heterocycles. The fraction of sp³-hybridized carbons (Fsp3) is 0.417. The fourth-order valence-corrected chi connectivity index (χ4v) is 1.93. The average Bonchev–Trinajstić information content (AvgIpc) is 2.21. The zero-order valence-corrected chi connectivity index (χ0v) is 7.29. The first kappa shape index (κ1) is 7.85. The smallest absolute Gasteiger partial charge is 0.0162 e. The lowest BCUT2D eigenvalue weighted by atomic mass is 9.84. The van der Waals surface area contributed by atoms with Gasteiger partial charge in [0.05, 0.1) is 0 Å². The van der Waals surface area contributed by atoms with Gasteiger partial charge in [-0.3, -0.25) is 0 Å². The van der Waals surface area contributed by atoms with E-state index in [4.69, 9.17) is 0 Å². The third-order valence-corrected chi connectivity index (χ3v) is 2.65. The topological polar surface area (TPSA) is 0 Å². The molecule has 0 unspecified atom stereocenters. The molecule has 1 aliphatic rings. The molecule has 0 saturated heterocycles. The van der Waals surface area contributed by atoms with Crippen LogP contribution in [0.1, 0.15) is 37.2 Å². The van der Waals surface area contributed by atoms with Gasteiger partial charge in [-0.1, -0.05) is 24.3 Å². The van der Waals surface area contributed by atoms with Crippen molar-refractivity contribution in [2.75, 3.05) is 0 Å². The van der Waals surface area contributed by atoms with E-state index in [1.165, 1.54) is 31.2 Å². The Kier molecular flexibility index (Phi) is 2.45. The van der Waals surface area contributed by atoms with Crippen molar-refractivity contribution in [1.82, 2.24) is 0 Å². The van der Waals surface area contributed by atoms with E-state index in [0.717, 1.165) is 5.92 Å². The Labute approximate surface area is 74.6 Å². The predicted octanol–water partition coefficient (Wildman–Crippen LogP) is 3.35. The largest absolute Gasteiger partial charge is 0.0581 e. The monoisotopic (exact) mass is 158 g/mol. The van der Waals surface area contributed by atoms with Gasteiger partial charge < -0.3 is 0 Å². The van der Waals surface area contributed by atoms with E-state index in [0.29, 0.717) is 0 Å². The minimum absolute atomic E-state index is 0.810. The van der Waals surface area contributed by atoms with Crippen LogP contribution in [0.25, 0.3) is 0 Å². The van der Waals surface area contributed by atoms with Gasteiger partial charge >= 0.3 is 0 Å². The van der Waals surface area contributed by atoms with Gasteiger partial charge in [0.1, 0.15) is 0 Å². The van der Waals surface area contributed by atoms with Crippen LogP contribution in [-0.4, -0.2) is 0 Å². The third-order valence-electron chi connectivity index (χ3n) is 2.65. The number of hydrogen-bond donors (Lipinski definition) is 0. The number of hydrogen-bond acceptors (Lipinski definition) is 0. The Morgan fingerprint density at radius 2 is 1.75 bits per heavy atom. The summed E-state index contributed by atoms with van der Waals surface area (Å²) in [7, 11) is 0. The minimum atomic E-state index is 0.810. The molecular weight excluding hydrogens is 144 g/mol. The Morgan fingerprint density at radius 3 is 2.42 bits per heavy atom.